The van der Waals surface area contributed by atoms with Crippen molar-refractivity contribution >= 4 is 55.6 Å². The number of nitrogens with one attached hydrogen (secondary N) is 2. The van der Waals surface area contributed by atoms with E-state index in [1.807, 2.05) is 30.3 Å². The van der Waals surface area contributed by atoms with Gasteiger partial charge in [0.15, 0.2) is 0 Å². The van der Waals surface area contributed by atoms with Crippen LogP contribution in [0.25, 0.3) is 21.1 Å². The van der Waals surface area contributed by atoms with Crippen molar-refractivity contribution in [3.8, 4) is 6.07 Å². The molecule has 13 heteroatoms. The van der Waals surface area contributed by atoms with Gasteiger partial charge in [0.05, 0.1) is 17.8 Å². The monoisotopic (exact) mass is 684 g/mol. The molecular weight excluding hydrogens is 650 g/mol. The molecule has 0 unspecified atom stereocenters. The van der Waals surface area contributed by atoms with E-state index >= 15 is 0 Å². The maximum absolute atomic E-state index is 13.0. The highest BCUT2D eigenvalue weighted by atomic mass is 32.1. The van der Waals surface area contributed by atoms with Crippen molar-refractivity contribution in [1.82, 2.24) is 19.4 Å². The van der Waals surface area contributed by atoms with Crippen LogP contribution < -0.4 is 15.5 Å². The first-order valence-electron chi connectivity index (χ1n) is 16.2. The third kappa shape index (κ3) is 6.84. The van der Waals surface area contributed by atoms with Crippen LogP contribution >= 0.6 is 11.3 Å². The Morgan fingerprint density at radius 2 is 1.92 bits per heavy atom. The fourth-order valence-corrected chi connectivity index (χ4v) is 7.94. The normalized spacial score (nSPS) is 16.1. The molecular formula is C36H35F3N8OS. The van der Waals surface area contributed by atoms with Gasteiger partial charge in [-0.2, -0.15) is 18.4 Å². The number of benzene rings is 2. The molecule has 0 atom stereocenters. The Balaban J connectivity index is 0.991. The van der Waals surface area contributed by atoms with E-state index < -0.39 is 12.6 Å². The lowest BCUT2D eigenvalue weighted by atomic mass is 10.0. The Morgan fingerprint density at radius 1 is 1.12 bits per heavy atom. The third-order valence-electron chi connectivity index (χ3n) is 9.49. The molecule has 5 heterocycles. The number of hydrogen-bond acceptors (Lipinski definition) is 8. The summed E-state index contributed by atoms with van der Waals surface area (Å²) in [6.07, 6.45) is -0.818. The van der Waals surface area contributed by atoms with Crippen LogP contribution in [0.1, 0.15) is 40.6 Å². The first-order chi connectivity index (χ1) is 23.6. The fraction of sp³-hybridized carbons (Fsp3) is 0.333. The Hall–Kier alpha value is -4.93. The van der Waals surface area contributed by atoms with E-state index in [9.17, 15) is 23.2 Å². The molecule has 0 aliphatic carbocycles. The van der Waals surface area contributed by atoms with Crippen LogP contribution in [0.2, 0.25) is 0 Å². The van der Waals surface area contributed by atoms with Gasteiger partial charge in [-0.3, -0.25) is 9.69 Å². The zero-order chi connectivity index (χ0) is 34.3. The van der Waals surface area contributed by atoms with Crippen LogP contribution in [0.5, 0.6) is 0 Å². The maximum atomic E-state index is 13.0. The largest absolute Gasteiger partial charge is 0.393 e. The zero-order valence-corrected chi connectivity index (χ0v) is 27.7. The van der Waals surface area contributed by atoms with Crippen molar-refractivity contribution < 1.29 is 18.0 Å². The minimum atomic E-state index is -4.26. The van der Waals surface area contributed by atoms with Crippen molar-refractivity contribution in [2.45, 2.75) is 51.0 Å². The topological polar surface area (TPSA) is 102 Å². The molecule has 2 aliphatic rings. The maximum Gasteiger partial charge on any atom is 0.393 e. The Kier molecular flexibility index (Phi) is 8.77. The summed E-state index contributed by atoms with van der Waals surface area (Å²) in [7, 11) is 0. The molecule has 9 nitrogen and oxygen atoms in total. The Bertz CT molecular complexity index is 2080. The molecule has 3 aromatic heterocycles. The SMILES string of the molecule is C=CC(=O)Nc1cccc(N2CC(n3c(C#N)cc4c(C)c(CN5CCC(Nc6ncnc7sc(CC(F)(F)F)cc67)CC5)ccc43)C2)c1. The van der Waals surface area contributed by atoms with Gasteiger partial charge in [-0.15, -0.1) is 11.3 Å². The number of nitrogens with zero attached hydrogens (tertiary/aromatic N) is 6. The molecule has 2 aliphatic heterocycles. The van der Waals surface area contributed by atoms with E-state index in [0.717, 1.165) is 73.5 Å². The molecule has 252 valence electrons. The average molecular weight is 685 g/mol. The predicted molar refractivity (Wildman–Crippen MR) is 187 cm³/mol. The van der Waals surface area contributed by atoms with E-state index in [1.54, 1.807) is 6.07 Å². The summed E-state index contributed by atoms with van der Waals surface area (Å²) in [5, 5.41) is 18.1. The number of aryl methyl sites for hydroxylation is 1. The lowest BCUT2D eigenvalue weighted by Crippen LogP contribution is -2.48. The number of thiophene rings is 1. The number of alkyl halides is 3. The van der Waals surface area contributed by atoms with E-state index in [2.05, 4.69) is 66.7 Å². The number of amides is 1. The van der Waals surface area contributed by atoms with Gasteiger partial charge < -0.3 is 20.1 Å². The first-order valence-corrected chi connectivity index (χ1v) is 17.0. The second-order valence-electron chi connectivity index (χ2n) is 12.7. The molecule has 0 radical (unpaired) electrons. The molecule has 2 saturated heterocycles. The Morgan fingerprint density at radius 3 is 2.65 bits per heavy atom. The van der Waals surface area contributed by atoms with Crippen LogP contribution in [0.15, 0.2) is 67.5 Å². The number of rotatable bonds is 9. The second-order valence-corrected chi connectivity index (χ2v) is 13.9. The average Bonchev–Trinajstić information content (AvgIpc) is 3.63. The van der Waals surface area contributed by atoms with E-state index in [0.29, 0.717) is 27.4 Å². The number of aromatic nitrogens is 3. The summed E-state index contributed by atoms with van der Waals surface area (Å²) in [5.41, 5.74) is 5.82. The molecule has 0 saturated carbocycles. The van der Waals surface area contributed by atoms with Crippen LogP contribution in [-0.2, 0) is 17.8 Å². The van der Waals surface area contributed by atoms with Gasteiger partial charge in [0, 0.05) is 65.9 Å². The Labute approximate surface area is 285 Å². The minimum absolute atomic E-state index is 0.150. The molecule has 7 rings (SSSR count). The van der Waals surface area contributed by atoms with Crippen LogP contribution in [0, 0.1) is 18.3 Å². The van der Waals surface area contributed by atoms with Crippen molar-refractivity contribution in [2.24, 2.45) is 0 Å². The lowest BCUT2D eigenvalue weighted by Gasteiger charge is -2.42. The first kappa shape index (κ1) is 32.6. The lowest BCUT2D eigenvalue weighted by molar-refractivity contribution is -0.126. The molecule has 1 amide bonds. The van der Waals surface area contributed by atoms with Crippen molar-refractivity contribution in [1.29, 1.82) is 5.26 Å². The number of nitriles is 1. The molecule has 0 spiro atoms. The molecule has 2 fully saturated rings. The number of fused-ring (bicyclic) bond motifs is 2. The highest BCUT2D eigenvalue weighted by molar-refractivity contribution is 7.18. The molecule has 2 aromatic carbocycles. The summed E-state index contributed by atoms with van der Waals surface area (Å²) in [6, 6.07) is 18.3. The second kappa shape index (κ2) is 13.2. The van der Waals surface area contributed by atoms with Gasteiger partial charge in [-0.25, -0.2) is 9.97 Å². The number of carbonyl (C=O) groups is 1. The van der Waals surface area contributed by atoms with Gasteiger partial charge in [0.2, 0.25) is 5.91 Å². The summed E-state index contributed by atoms with van der Waals surface area (Å²) < 4.78 is 41.0. The number of piperidine rings is 1. The number of hydrogen-bond donors (Lipinski definition) is 2. The number of halogens is 3. The van der Waals surface area contributed by atoms with Gasteiger partial charge in [0.25, 0.3) is 0 Å². The van der Waals surface area contributed by atoms with E-state index in [1.165, 1.54) is 23.5 Å². The van der Waals surface area contributed by atoms with Crippen molar-refractivity contribution in [3.05, 3.63) is 89.2 Å². The number of carbonyl (C=O) groups excluding carboxylic acids is 1. The summed E-state index contributed by atoms with van der Waals surface area (Å²) in [5.74, 6) is 0.337. The number of anilines is 3. The highest BCUT2D eigenvalue weighted by Crippen LogP contribution is 2.36. The van der Waals surface area contributed by atoms with Crippen LogP contribution in [-0.4, -0.2) is 63.7 Å². The fourth-order valence-electron chi connectivity index (χ4n) is 6.92. The molecule has 2 N–H and O–H groups in total. The standard InChI is InChI=1S/C36H35F3N8OS/c1-3-33(48)43-25-5-4-6-26(13-25)46-19-28(20-46)47-27(17-40)14-30-22(2)23(7-8-32(30)47)18-45-11-9-24(10-12-45)44-34-31-15-29(16-36(37,38)39)49-35(31)42-21-41-34/h3-8,13-15,21,24,28H,1,9-12,16,18-20H2,2H3,(H,43,48)(H,41,42,44). The van der Waals surface area contributed by atoms with Crippen molar-refractivity contribution in [3.63, 3.8) is 0 Å². The number of likely N-dealkylation sites (tertiary alicyclic amines) is 1. The third-order valence-corrected chi connectivity index (χ3v) is 10.5. The molecule has 0 bridgehead atoms. The molecule has 49 heavy (non-hydrogen) atoms. The van der Waals surface area contributed by atoms with Crippen molar-refractivity contribution in [2.75, 3.05) is 41.7 Å². The molecule has 5 aromatic rings. The minimum Gasteiger partial charge on any atom is -0.367 e. The summed E-state index contributed by atoms with van der Waals surface area (Å²) in [4.78, 5) is 25.7. The summed E-state index contributed by atoms with van der Waals surface area (Å²) >= 11 is 1.06. The van der Waals surface area contributed by atoms with Gasteiger partial charge >= 0.3 is 6.18 Å². The summed E-state index contributed by atoms with van der Waals surface area (Å²) in [6.45, 7) is 9.67. The quantitative estimate of drug-likeness (QED) is 0.159. The van der Waals surface area contributed by atoms with Gasteiger partial charge in [0.1, 0.15) is 28.7 Å². The van der Waals surface area contributed by atoms with Gasteiger partial charge in [-0.1, -0.05) is 18.7 Å². The predicted octanol–water partition coefficient (Wildman–Crippen LogP) is 7.19. The van der Waals surface area contributed by atoms with E-state index in [4.69, 9.17) is 0 Å². The van der Waals surface area contributed by atoms with Crippen LogP contribution in [0.3, 0.4) is 0 Å². The van der Waals surface area contributed by atoms with E-state index in [-0.39, 0.29) is 22.9 Å². The van der Waals surface area contributed by atoms with Gasteiger partial charge in [-0.05, 0) is 73.4 Å². The highest BCUT2D eigenvalue weighted by Gasteiger charge is 2.32. The van der Waals surface area contributed by atoms with Crippen LogP contribution in [0.4, 0.5) is 30.4 Å². The smallest absolute Gasteiger partial charge is 0.367 e. The zero-order valence-electron chi connectivity index (χ0n) is 26.9.